The van der Waals surface area contributed by atoms with Gasteiger partial charge >= 0.3 is 0 Å². The van der Waals surface area contributed by atoms with Gasteiger partial charge in [-0.1, -0.05) is 124 Å². The second-order valence-electron chi connectivity index (χ2n) is 7.73. The van der Waals surface area contributed by atoms with Crippen molar-refractivity contribution in [2.45, 2.75) is 130 Å². The number of hydrogen-bond donors (Lipinski definition) is 0. The Morgan fingerprint density at radius 1 is 0.545 bits per heavy atom. The van der Waals surface area contributed by atoms with Crippen LogP contribution in [0.25, 0.3) is 0 Å². The van der Waals surface area contributed by atoms with Crippen molar-refractivity contribution in [1.82, 2.24) is 0 Å². The lowest BCUT2D eigenvalue weighted by Gasteiger charge is -2.19. The predicted molar refractivity (Wildman–Crippen MR) is 104 cm³/mol. The first-order chi connectivity index (χ1) is 10.7. The molecule has 0 rings (SSSR count). The molecule has 0 aliphatic rings. The smallest absolute Gasteiger partial charge is 0.0414 e. The Morgan fingerprint density at radius 3 is 1.50 bits per heavy atom. The Hall–Kier alpha value is 0. The predicted octanol–water partition coefficient (Wildman–Crippen LogP) is 8.54. The summed E-state index contributed by atoms with van der Waals surface area (Å²) < 4.78 is 0. The Bertz CT molecular complexity index is 196. The van der Waals surface area contributed by atoms with Gasteiger partial charge in [0, 0.05) is 0 Å². The zero-order valence-electron chi connectivity index (χ0n) is 16.5. The van der Waals surface area contributed by atoms with Gasteiger partial charge in [-0.15, -0.1) is 0 Å². The first kappa shape index (κ1) is 22.0. The minimum Gasteiger partial charge on any atom is -0.0654 e. The summed E-state index contributed by atoms with van der Waals surface area (Å²) in [5.41, 5.74) is 0. The monoisotopic (exact) mass is 310 g/mol. The molecule has 0 fully saturated rings. The van der Waals surface area contributed by atoms with Gasteiger partial charge in [-0.25, -0.2) is 0 Å². The van der Waals surface area contributed by atoms with E-state index in [0.29, 0.717) is 0 Å². The summed E-state index contributed by atoms with van der Waals surface area (Å²) >= 11 is 0. The molecule has 0 heterocycles. The van der Waals surface area contributed by atoms with Crippen molar-refractivity contribution in [1.29, 1.82) is 0 Å². The van der Waals surface area contributed by atoms with Crippen LogP contribution in [0.1, 0.15) is 130 Å². The van der Waals surface area contributed by atoms with Gasteiger partial charge < -0.3 is 0 Å². The molecule has 0 N–H and O–H groups in total. The molecule has 2 unspecified atom stereocenters. The molecule has 0 aromatic heterocycles. The zero-order chi connectivity index (χ0) is 16.5. The third-order valence-electron chi connectivity index (χ3n) is 5.33. The van der Waals surface area contributed by atoms with Gasteiger partial charge in [-0.2, -0.15) is 0 Å². The highest BCUT2D eigenvalue weighted by molar-refractivity contribution is 4.64. The van der Waals surface area contributed by atoms with Crippen LogP contribution in [0.15, 0.2) is 0 Å². The van der Waals surface area contributed by atoms with E-state index in [4.69, 9.17) is 0 Å². The van der Waals surface area contributed by atoms with Crippen LogP contribution in [-0.4, -0.2) is 0 Å². The number of unbranched alkanes of at least 4 members (excludes halogenated alkanes) is 10. The van der Waals surface area contributed by atoms with Gasteiger partial charge in [0.15, 0.2) is 0 Å². The summed E-state index contributed by atoms with van der Waals surface area (Å²) in [6.07, 6.45) is 23.2. The van der Waals surface area contributed by atoms with Gasteiger partial charge in [0.2, 0.25) is 0 Å². The molecule has 0 amide bonds. The Balaban J connectivity index is 3.51. The summed E-state index contributed by atoms with van der Waals surface area (Å²) in [4.78, 5) is 0. The Kier molecular flexibility index (Phi) is 17.4. The van der Waals surface area contributed by atoms with Gasteiger partial charge in [0.25, 0.3) is 0 Å². The lowest BCUT2D eigenvalue weighted by molar-refractivity contribution is 0.329. The van der Waals surface area contributed by atoms with Crippen LogP contribution in [0, 0.1) is 11.8 Å². The molecule has 0 aliphatic carbocycles. The second kappa shape index (κ2) is 17.4. The highest BCUT2D eigenvalue weighted by Gasteiger charge is 2.11. The lowest BCUT2D eigenvalue weighted by atomic mass is 9.86. The van der Waals surface area contributed by atoms with Crippen molar-refractivity contribution < 1.29 is 0 Å². The average Bonchev–Trinajstić information content (AvgIpc) is 2.52. The summed E-state index contributed by atoms with van der Waals surface area (Å²) in [5, 5.41) is 0. The minimum absolute atomic E-state index is 0.955. The Morgan fingerprint density at radius 2 is 1.00 bits per heavy atom. The lowest BCUT2D eigenvalue weighted by Crippen LogP contribution is -2.06. The molecule has 22 heavy (non-hydrogen) atoms. The van der Waals surface area contributed by atoms with E-state index in [0.717, 1.165) is 11.8 Å². The van der Waals surface area contributed by atoms with Gasteiger partial charge in [-0.05, 0) is 18.3 Å². The molecule has 2 atom stereocenters. The summed E-state index contributed by atoms with van der Waals surface area (Å²) in [6, 6.07) is 0. The molecule has 0 heteroatoms. The maximum atomic E-state index is 2.50. The van der Waals surface area contributed by atoms with E-state index in [1.807, 2.05) is 0 Å². The third kappa shape index (κ3) is 14.9. The average molecular weight is 311 g/mol. The SMILES string of the molecule is CCCCCCCCC(C)CC(CC)CCCCCCCC. The maximum Gasteiger partial charge on any atom is -0.0414 e. The van der Waals surface area contributed by atoms with Gasteiger partial charge in [0.1, 0.15) is 0 Å². The van der Waals surface area contributed by atoms with Crippen LogP contribution >= 0.6 is 0 Å². The first-order valence-corrected chi connectivity index (χ1v) is 10.7. The van der Waals surface area contributed by atoms with Crippen LogP contribution in [0.3, 0.4) is 0 Å². The molecular formula is C22H46. The topological polar surface area (TPSA) is 0 Å². The molecule has 0 saturated carbocycles. The van der Waals surface area contributed by atoms with Crippen molar-refractivity contribution in [2.75, 3.05) is 0 Å². The fourth-order valence-electron chi connectivity index (χ4n) is 3.66. The van der Waals surface area contributed by atoms with E-state index in [2.05, 4.69) is 27.7 Å². The van der Waals surface area contributed by atoms with Gasteiger partial charge in [0.05, 0.1) is 0 Å². The largest absolute Gasteiger partial charge is 0.0654 e. The highest BCUT2D eigenvalue weighted by atomic mass is 14.2. The summed E-state index contributed by atoms with van der Waals surface area (Å²) in [5.74, 6) is 1.96. The summed E-state index contributed by atoms with van der Waals surface area (Å²) in [6.45, 7) is 9.50. The normalized spacial score (nSPS) is 14.2. The Labute approximate surface area is 142 Å². The van der Waals surface area contributed by atoms with Crippen molar-refractivity contribution in [3.8, 4) is 0 Å². The molecule has 0 bridgehead atoms. The second-order valence-corrected chi connectivity index (χ2v) is 7.73. The summed E-state index contributed by atoms with van der Waals surface area (Å²) in [7, 11) is 0. The molecule has 0 aromatic carbocycles. The maximum absolute atomic E-state index is 2.50. The highest BCUT2D eigenvalue weighted by Crippen LogP contribution is 2.25. The van der Waals surface area contributed by atoms with E-state index in [9.17, 15) is 0 Å². The molecule has 0 aliphatic heterocycles. The van der Waals surface area contributed by atoms with Crippen LogP contribution in [0.2, 0.25) is 0 Å². The van der Waals surface area contributed by atoms with Crippen molar-refractivity contribution >= 4 is 0 Å². The zero-order valence-corrected chi connectivity index (χ0v) is 16.5. The van der Waals surface area contributed by atoms with Crippen LogP contribution in [0.4, 0.5) is 0 Å². The molecule has 134 valence electrons. The first-order valence-electron chi connectivity index (χ1n) is 10.7. The molecule has 0 radical (unpaired) electrons. The van der Waals surface area contributed by atoms with E-state index in [1.54, 1.807) is 0 Å². The standard InChI is InChI=1S/C22H46/c1-5-8-10-12-14-16-18-21(4)20-22(7-3)19-17-15-13-11-9-6-2/h21-22H,5-20H2,1-4H3. The molecule has 0 spiro atoms. The molecule has 0 saturated heterocycles. The van der Waals surface area contributed by atoms with Crippen LogP contribution in [0.5, 0.6) is 0 Å². The molecule has 0 aromatic rings. The fourth-order valence-corrected chi connectivity index (χ4v) is 3.66. The number of hydrogen-bond acceptors (Lipinski definition) is 0. The van der Waals surface area contributed by atoms with E-state index >= 15 is 0 Å². The molecular weight excluding hydrogens is 264 g/mol. The van der Waals surface area contributed by atoms with E-state index < -0.39 is 0 Å². The molecule has 0 nitrogen and oxygen atoms in total. The van der Waals surface area contributed by atoms with Crippen molar-refractivity contribution in [3.05, 3.63) is 0 Å². The minimum atomic E-state index is 0.955. The van der Waals surface area contributed by atoms with E-state index in [1.165, 1.54) is 103 Å². The quantitative estimate of drug-likeness (QED) is 0.236. The van der Waals surface area contributed by atoms with Crippen molar-refractivity contribution in [2.24, 2.45) is 11.8 Å². The van der Waals surface area contributed by atoms with Crippen LogP contribution < -0.4 is 0 Å². The number of rotatable bonds is 17. The fraction of sp³-hybridized carbons (Fsp3) is 1.00. The van der Waals surface area contributed by atoms with E-state index in [-0.39, 0.29) is 0 Å². The van der Waals surface area contributed by atoms with Crippen molar-refractivity contribution in [3.63, 3.8) is 0 Å². The van der Waals surface area contributed by atoms with Gasteiger partial charge in [-0.3, -0.25) is 0 Å². The van der Waals surface area contributed by atoms with Crippen LogP contribution in [-0.2, 0) is 0 Å². The third-order valence-corrected chi connectivity index (χ3v) is 5.33.